The van der Waals surface area contributed by atoms with E-state index in [2.05, 4.69) is 29.0 Å². The van der Waals surface area contributed by atoms with Gasteiger partial charge in [-0.3, -0.25) is 4.98 Å². The average molecular weight is 232 g/mol. The molecule has 17 heavy (non-hydrogen) atoms. The third-order valence-corrected chi connectivity index (χ3v) is 3.97. The van der Waals surface area contributed by atoms with Crippen molar-refractivity contribution in [1.82, 2.24) is 15.3 Å². The smallest absolute Gasteiger partial charge is 0.147 e. The number of hydrogen-bond acceptors (Lipinski definition) is 4. The van der Waals surface area contributed by atoms with Gasteiger partial charge in [0.1, 0.15) is 5.82 Å². The van der Waals surface area contributed by atoms with Crippen LogP contribution >= 0.6 is 0 Å². The molecule has 0 aromatic carbocycles. The molecule has 3 heterocycles. The molecule has 4 nitrogen and oxygen atoms in total. The standard InChI is InChI=1S/C13H20N4/c1-9(2)11-6-15-8-13(16-11)17-4-3-10-5-14-7-12(10)17/h6,8-10,12,14H,3-5,7H2,1-2H3/t10-,12-/m1/s1. The summed E-state index contributed by atoms with van der Waals surface area (Å²) in [5.74, 6) is 2.31. The number of anilines is 1. The van der Waals surface area contributed by atoms with Crippen molar-refractivity contribution >= 4 is 5.82 Å². The Balaban J connectivity index is 1.86. The van der Waals surface area contributed by atoms with Crippen molar-refractivity contribution in [2.24, 2.45) is 5.92 Å². The lowest BCUT2D eigenvalue weighted by Gasteiger charge is -2.24. The van der Waals surface area contributed by atoms with Gasteiger partial charge in [-0.05, 0) is 18.3 Å². The zero-order valence-corrected chi connectivity index (χ0v) is 10.6. The molecule has 0 amide bonds. The fourth-order valence-corrected chi connectivity index (χ4v) is 2.92. The van der Waals surface area contributed by atoms with Crippen molar-refractivity contribution in [3.63, 3.8) is 0 Å². The van der Waals surface area contributed by atoms with E-state index in [-0.39, 0.29) is 0 Å². The molecule has 4 heteroatoms. The second kappa shape index (κ2) is 4.26. The number of nitrogens with zero attached hydrogens (tertiary/aromatic N) is 3. The molecule has 0 unspecified atom stereocenters. The van der Waals surface area contributed by atoms with E-state index in [1.54, 1.807) is 0 Å². The van der Waals surface area contributed by atoms with E-state index in [9.17, 15) is 0 Å². The maximum Gasteiger partial charge on any atom is 0.147 e. The first kappa shape index (κ1) is 11.0. The third kappa shape index (κ3) is 1.90. The third-order valence-electron chi connectivity index (χ3n) is 3.97. The second-order valence-corrected chi connectivity index (χ2v) is 5.42. The summed E-state index contributed by atoms with van der Waals surface area (Å²) in [6, 6.07) is 0.631. The molecule has 2 saturated heterocycles. The van der Waals surface area contributed by atoms with E-state index in [0.717, 1.165) is 30.5 Å². The molecular weight excluding hydrogens is 212 g/mol. The molecule has 1 N–H and O–H groups in total. The molecular formula is C13H20N4. The van der Waals surface area contributed by atoms with Crippen LogP contribution in [0.5, 0.6) is 0 Å². The molecule has 0 saturated carbocycles. The fraction of sp³-hybridized carbons (Fsp3) is 0.692. The Kier molecular flexibility index (Phi) is 2.74. The van der Waals surface area contributed by atoms with Crippen LogP contribution in [0.2, 0.25) is 0 Å². The summed E-state index contributed by atoms with van der Waals surface area (Å²) in [7, 11) is 0. The zero-order valence-electron chi connectivity index (χ0n) is 10.6. The molecule has 1 aromatic rings. The molecule has 2 aliphatic rings. The number of hydrogen-bond donors (Lipinski definition) is 1. The predicted molar refractivity (Wildman–Crippen MR) is 68.2 cm³/mol. The number of fused-ring (bicyclic) bond motifs is 1. The maximum atomic E-state index is 4.75. The van der Waals surface area contributed by atoms with Crippen LogP contribution in [-0.2, 0) is 0 Å². The normalized spacial score (nSPS) is 27.8. The van der Waals surface area contributed by atoms with Crippen LogP contribution in [0.3, 0.4) is 0 Å². The van der Waals surface area contributed by atoms with E-state index in [1.165, 1.54) is 13.0 Å². The maximum absolute atomic E-state index is 4.75. The fourth-order valence-electron chi connectivity index (χ4n) is 2.92. The summed E-state index contributed by atoms with van der Waals surface area (Å²) in [4.78, 5) is 11.5. The Bertz CT molecular complexity index is 404. The zero-order chi connectivity index (χ0) is 11.8. The first-order valence-corrected chi connectivity index (χ1v) is 6.55. The molecule has 92 valence electrons. The first-order valence-electron chi connectivity index (χ1n) is 6.55. The van der Waals surface area contributed by atoms with Crippen molar-refractivity contribution in [3.05, 3.63) is 18.1 Å². The number of rotatable bonds is 2. The van der Waals surface area contributed by atoms with Crippen LogP contribution < -0.4 is 10.2 Å². The largest absolute Gasteiger partial charge is 0.351 e. The lowest BCUT2D eigenvalue weighted by atomic mass is 10.1. The molecule has 2 aliphatic heterocycles. The van der Waals surface area contributed by atoms with Gasteiger partial charge in [-0.15, -0.1) is 0 Å². The highest BCUT2D eigenvalue weighted by Crippen LogP contribution is 2.30. The lowest BCUT2D eigenvalue weighted by Crippen LogP contribution is -2.34. The Morgan fingerprint density at radius 2 is 2.24 bits per heavy atom. The Morgan fingerprint density at radius 1 is 1.35 bits per heavy atom. The van der Waals surface area contributed by atoms with Gasteiger partial charge in [0.2, 0.25) is 0 Å². The van der Waals surface area contributed by atoms with Crippen LogP contribution in [0.15, 0.2) is 12.4 Å². The predicted octanol–water partition coefficient (Wildman–Crippen LogP) is 1.40. The van der Waals surface area contributed by atoms with Gasteiger partial charge in [0, 0.05) is 31.9 Å². The summed E-state index contributed by atoms with van der Waals surface area (Å²) in [6.07, 6.45) is 5.08. The first-order chi connectivity index (χ1) is 8.25. The van der Waals surface area contributed by atoms with E-state index in [0.29, 0.717) is 12.0 Å². The Labute approximate surface area is 102 Å². The van der Waals surface area contributed by atoms with E-state index >= 15 is 0 Å². The van der Waals surface area contributed by atoms with Crippen molar-refractivity contribution in [3.8, 4) is 0 Å². The van der Waals surface area contributed by atoms with E-state index in [4.69, 9.17) is 4.98 Å². The highest BCUT2D eigenvalue weighted by atomic mass is 15.3. The molecule has 0 radical (unpaired) electrons. The summed E-state index contributed by atoms with van der Waals surface area (Å²) < 4.78 is 0. The number of aromatic nitrogens is 2. The second-order valence-electron chi connectivity index (χ2n) is 5.42. The van der Waals surface area contributed by atoms with E-state index in [1.807, 2.05) is 12.4 Å². The summed E-state index contributed by atoms with van der Waals surface area (Å²) in [5, 5.41) is 3.47. The highest BCUT2D eigenvalue weighted by molar-refractivity contribution is 5.41. The van der Waals surface area contributed by atoms with Crippen LogP contribution in [0.4, 0.5) is 5.82 Å². The minimum atomic E-state index is 0.447. The minimum Gasteiger partial charge on any atom is -0.351 e. The van der Waals surface area contributed by atoms with Crippen molar-refractivity contribution in [1.29, 1.82) is 0 Å². The summed E-state index contributed by atoms with van der Waals surface area (Å²) in [6.45, 7) is 7.72. The van der Waals surface area contributed by atoms with Crippen molar-refractivity contribution in [2.75, 3.05) is 24.5 Å². The van der Waals surface area contributed by atoms with Gasteiger partial charge in [0.15, 0.2) is 0 Å². The quantitative estimate of drug-likeness (QED) is 0.837. The molecule has 3 rings (SSSR count). The van der Waals surface area contributed by atoms with Crippen molar-refractivity contribution < 1.29 is 0 Å². The van der Waals surface area contributed by atoms with Gasteiger partial charge in [-0.2, -0.15) is 0 Å². The molecule has 2 fully saturated rings. The average Bonchev–Trinajstić information content (AvgIpc) is 2.90. The monoisotopic (exact) mass is 232 g/mol. The molecule has 0 aliphatic carbocycles. The SMILES string of the molecule is CC(C)c1cncc(N2CC[C@@H]3CNC[C@H]32)n1. The van der Waals surface area contributed by atoms with Gasteiger partial charge >= 0.3 is 0 Å². The van der Waals surface area contributed by atoms with Gasteiger partial charge in [-0.25, -0.2) is 4.98 Å². The van der Waals surface area contributed by atoms with Gasteiger partial charge < -0.3 is 10.2 Å². The van der Waals surface area contributed by atoms with Gasteiger partial charge in [-0.1, -0.05) is 13.8 Å². The topological polar surface area (TPSA) is 41.1 Å². The molecule has 1 aromatic heterocycles. The van der Waals surface area contributed by atoms with Crippen molar-refractivity contribution in [2.45, 2.75) is 32.2 Å². The van der Waals surface area contributed by atoms with Crippen LogP contribution in [0, 0.1) is 5.92 Å². The lowest BCUT2D eigenvalue weighted by molar-refractivity contribution is 0.577. The Morgan fingerprint density at radius 3 is 3.06 bits per heavy atom. The molecule has 0 bridgehead atoms. The highest BCUT2D eigenvalue weighted by Gasteiger charge is 2.38. The summed E-state index contributed by atoms with van der Waals surface area (Å²) >= 11 is 0. The van der Waals surface area contributed by atoms with Crippen LogP contribution in [-0.4, -0.2) is 35.6 Å². The Hall–Kier alpha value is -1.16. The number of nitrogens with one attached hydrogen (secondary N) is 1. The van der Waals surface area contributed by atoms with Crippen LogP contribution in [0.25, 0.3) is 0 Å². The minimum absolute atomic E-state index is 0.447. The molecule has 0 spiro atoms. The molecule has 2 atom stereocenters. The van der Waals surface area contributed by atoms with E-state index < -0.39 is 0 Å². The van der Waals surface area contributed by atoms with Gasteiger partial charge in [0.25, 0.3) is 0 Å². The van der Waals surface area contributed by atoms with Gasteiger partial charge in [0.05, 0.1) is 11.9 Å². The summed E-state index contributed by atoms with van der Waals surface area (Å²) in [5.41, 5.74) is 1.09. The van der Waals surface area contributed by atoms with Crippen LogP contribution in [0.1, 0.15) is 31.9 Å².